The molecule has 0 aliphatic heterocycles. The quantitative estimate of drug-likeness (QED) is 0.740. The molecule has 8 heteroatoms. The molecule has 0 aliphatic carbocycles. The van der Waals surface area contributed by atoms with Crippen LogP contribution < -0.4 is 5.32 Å². The van der Waals surface area contributed by atoms with Crippen LogP contribution in [0.3, 0.4) is 0 Å². The molecule has 1 unspecified atom stereocenters. The van der Waals surface area contributed by atoms with Crippen LogP contribution in [0.15, 0.2) is 17.9 Å². The van der Waals surface area contributed by atoms with E-state index in [1.165, 1.54) is 0 Å². The van der Waals surface area contributed by atoms with E-state index in [0.29, 0.717) is 18.9 Å². The molecule has 0 saturated carbocycles. The Balaban J connectivity index is 2.01. The molecule has 0 radical (unpaired) electrons. The lowest BCUT2D eigenvalue weighted by Gasteiger charge is -2.23. The first-order chi connectivity index (χ1) is 12.3. The summed E-state index contributed by atoms with van der Waals surface area (Å²) in [7, 11) is 1.71. The maximum atomic E-state index is 12.6. The van der Waals surface area contributed by atoms with Crippen molar-refractivity contribution in [3.8, 4) is 0 Å². The van der Waals surface area contributed by atoms with Gasteiger partial charge in [-0.05, 0) is 0 Å². The number of aromatic amines is 1. The topological polar surface area (TPSA) is 91.0 Å². The minimum absolute atomic E-state index is 0.00268. The Kier molecular flexibility index (Phi) is 6.90. The lowest BCUT2D eigenvalue weighted by atomic mass is 9.98. The summed E-state index contributed by atoms with van der Waals surface area (Å²) in [5.74, 6) is 0.202. The fourth-order valence-corrected chi connectivity index (χ4v) is 3.30. The molecule has 2 rings (SSSR count). The van der Waals surface area contributed by atoms with Crippen molar-refractivity contribution < 1.29 is 9.59 Å². The number of carbonyl (C=O) groups is 2. The van der Waals surface area contributed by atoms with Crippen LogP contribution >= 0.6 is 11.3 Å². The fourth-order valence-electron chi connectivity index (χ4n) is 2.48. The number of hydrogen-bond acceptors (Lipinski definition) is 5. The standard InChI is InChI=1S/C18H27N5O2S/c1-11(2)16(24)15(6-13-7-19-10-20-13)22-18(25)23(5)8-14-9-26-17(21-14)12(3)4/h7,9-12,15H,6,8H2,1-5H3,(H,19,20)(H,22,25). The van der Waals surface area contributed by atoms with Crippen molar-refractivity contribution in [2.24, 2.45) is 5.92 Å². The summed E-state index contributed by atoms with van der Waals surface area (Å²) in [5, 5.41) is 5.88. The summed E-state index contributed by atoms with van der Waals surface area (Å²) < 4.78 is 0. The van der Waals surface area contributed by atoms with Gasteiger partial charge in [-0.2, -0.15) is 0 Å². The van der Waals surface area contributed by atoms with Crippen molar-refractivity contribution in [3.05, 3.63) is 34.3 Å². The van der Waals surface area contributed by atoms with E-state index in [0.717, 1.165) is 16.4 Å². The molecule has 7 nitrogen and oxygen atoms in total. The van der Waals surface area contributed by atoms with Crippen molar-refractivity contribution in [1.82, 2.24) is 25.2 Å². The third kappa shape index (κ3) is 5.39. The van der Waals surface area contributed by atoms with Crippen LogP contribution in [0, 0.1) is 5.92 Å². The van der Waals surface area contributed by atoms with Gasteiger partial charge in [-0.25, -0.2) is 14.8 Å². The number of rotatable bonds is 8. The minimum atomic E-state index is -0.591. The normalized spacial score (nSPS) is 12.4. The summed E-state index contributed by atoms with van der Waals surface area (Å²) in [4.78, 5) is 38.1. The Morgan fingerprint density at radius 2 is 2.04 bits per heavy atom. The summed E-state index contributed by atoms with van der Waals surface area (Å²) in [6, 6.07) is -0.880. The van der Waals surface area contributed by atoms with Crippen LogP contribution in [0.2, 0.25) is 0 Å². The molecule has 1 atom stereocenters. The monoisotopic (exact) mass is 377 g/mol. The summed E-state index contributed by atoms with van der Waals surface area (Å²) in [5.41, 5.74) is 1.67. The van der Waals surface area contributed by atoms with E-state index in [1.807, 2.05) is 19.2 Å². The molecule has 2 aromatic rings. The maximum absolute atomic E-state index is 12.6. The third-order valence-corrected chi connectivity index (χ3v) is 5.19. The van der Waals surface area contributed by atoms with E-state index in [-0.39, 0.29) is 17.7 Å². The van der Waals surface area contributed by atoms with Crippen LogP contribution in [-0.2, 0) is 17.8 Å². The number of hydrogen-bond donors (Lipinski definition) is 2. The molecule has 26 heavy (non-hydrogen) atoms. The minimum Gasteiger partial charge on any atom is -0.348 e. The van der Waals surface area contributed by atoms with Gasteiger partial charge in [-0.15, -0.1) is 11.3 Å². The summed E-state index contributed by atoms with van der Waals surface area (Å²) in [6.45, 7) is 8.26. The number of imidazole rings is 1. The first-order valence-electron chi connectivity index (χ1n) is 8.74. The molecule has 0 saturated heterocycles. The second-order valence-corrected chi connectivity index (χ2v) is 7.92. The van der Waals surface area contributed by atoms with Crippen molar-refractivity contribution in [3.63, 3.8) is 0 Å². The van der Waals surface area contributed by atoms with Gasteiger partial charge in [0.2, 0.25) is 0 Å². The van der Waals surface area contributed by atoms with Gasteiger partial charge < -0.3 is 15.2 Å². The molecule has 0 bridgehead atoms. The predicted molar refractivity (Wildman–Crippen MR) is 102 cm³/mol. The predicted octanol–water partition coefficient (Wildman–Crippen LogP) is 2.97. The lowest BCUT2D eigenvalue weighted by molar-refractivity contribution is -0.123. The van der Waals surface area contributed by atoms with Gasteiger partial charge in [0.1, 0.15) is 0 Å². The Morgan fingerprint density at radius 3 is 2.58 bits per heavy atom. The Hall–Kier alpha value is -2.22. The highest BCUT2D eigenvalue weighted by Gasteiger charge is 2.25. The van der Waals surface area contributed by atoms with Crippen LogP contribution in [0.5, 0.6) is 0 Å². The fraction of sp³-hybridized carbons (Fsp3) is 0.556. The summed E-state index contributed by atoms with van der Waals surface area (Å²) >= 11 is 1.60. The number of nitrogens with one attached hydrogen (secondary N) is 2. The second-order valence-electron chi connectivity index (χ2n) is 7.03. The first-order valence-corrected chi connectivity index (χ1v) is 9.62. The SMILES string of the molecule is CC(C)C(=O)C(Cc1cnc[nH]1)NC(=O)N(C)Cc1csc(C(C)C)n1. The molecule has 2 N–H and O–H groups in total. The molecule has 2 aromatic heterocycles. The number of amides is 2. The molecule has 142 valence electrons. The van der Waals surface area contributed by atoms with Crippen molar-refractivity contribution in [2.45, 2.75) is 52.6 Å². The van der Waals surface area contributed by atoms with Gasteiger partial charge in [0, 0.05) is 42.6 Å². The number of nitrogens with zero attached hydrogens (tertiary/aromatic N) is 3. The maximum Gasteiger partial charge on any atom is 0.318 e. The zero-order chi connectivity index (χ0) is 19.3. The number of ketones is 1. The first kappa shape index (κ1) is 20.1. The van der Waals surface area contributed by atoms with Crippen LogP contribution in [0.1, 0.15) is 50.0 Å². The Morgan fingerprint density at radius 1 is 1.31 bits per heavy atom. The average molecular weight is 378 g/mol. The van der Waals surface area contributed by atoms with Crippen molar-refractivity contribution in [1.29, 1.82) is 0 Å². The Labute approximate surface area is 158 Å². The smallest absolute Gasteiger partial charge is 0.318 e. The lowest BCUT2D eigenvalue weighted by Crippen LogP contribution is -2.48. The molecular formula is C18H27N5O2S. The molecule has 0 fully saturated rings. The number of Topliss-reactive ketones (excluding diaryl/α,β-unsaturated/α-hetero) is 1. The van der Waals surface area contributed by atoms with Crippen LogP contribution in [0.4, 0.5) is 4.79 Å². The molecule has 2 amide bonds. The number of carbonyl (C=O) groups excluding carboxylic acids is 2. The number of urea groups is 1. The van der Waals surface area contributed by atoms with Crippen molar-refractivity contribution >= 4 is 23.2 Å². The molecule has 0 spiro atoms. The van der Waals surface area contributed by atoms with E-state index in [1.54, 1.807) is 35.8 Å². The van der Waals surface area contributed by atoms with Gasteiger partial charge in [-0.3, -0.25) is 4.79 Å². The highest BCUT2D eigenvalue weighted by Crippen LogP contribution is 2.19. The Bertz CT molecular complexity index is 724. The highest BCUT2D eigenvalue weighted by atomic mass is 32.1. The zero-order valence-electron chi connectivity index (χ0n) is 15.9. The zero-order valence-corrected chi connectivity index (χ0v) is 16.8. The van der Waals surface area contributed by atoms with Crippen LogP contribution in [-0.4, -0.2) is 44.8 Å². The van der Waals surface area contributed by atoms with Crippen molar-refractivity contribution in [2.75, 3.05) is 7.05 Å². The highest BCUT2D eigenvalue weighted by molar-refractivity contribution is 7.09. The molecular weight excluding hydrogens is 350 g/mol. The van der Waals surface area contributed by atoms with E-state index in [4.69, 9.17) is 0 Å². The molecule has 2 heterocycles. The van der Waals surface area contributed by atoms with E-state index < -0.39 is 6.04 Å². The van der Waals surface area contributed by atoms with Crippen LogP contribution in [0.25, 0.3) is 0 Å². The van der Waals surface area contributed by atoms with Gasteiger partial charge in [-0.1, -0.05) is 27.7 Å². The third-order valence-electron chi connectivity index (χ3n) is 4.00. The second kappa shape index (κ2) is 8.93. The largest absolute Gasteiger partial charge is 0.348 e. The number of thiazole rings is 1. The molecule has 0 aliphatic rings. The van der Waals surface area contributed by atoms with Gasteiger partial charge in [0.05, 0.1) is 29.6 Å². The van der Waals surface area contributed by atoms with Gasteiger partial charge in [0.15, 0.2) is 5.78 Å². The molecule has 0 aromatic carbocycles. The van der Waals surface area contributed by atoms with E-state index in [2.05, 4.69) is 34.1 Å². The van der Waals surface area contributed by atoms with Gasteiger partial charge >= 0.3 is 6.03 Å². The van der Waals surface area contributed by atoms with E-state index >= 15 is 0 Å². The average Bonchev–Trinajstić information content (AvgIpc) is 3.25. The number of aromatic nitrogens is 3. The summed E-state index contributed by atoms with van der Waals surface area (Å²) in [6.07, 6.45) is 3.62. The van der Waals surface area contributed by atoms with Gasteiger partial charge in [0.25, 0.3) is 0 Å². The van der Waals surface area contributed by atoms with E-state index in [9.17, 15) is 9.59 Å². The number of H-pyrrole nitrogens is 1.